The maximum Gasteiger partial charge on any atom is 0.297 e. The molecule has 1 amide bonds. The molecule has 0 spiro atoms. The third kappa shape index (κ3) is 4.20. The minimum atomic E-state index is -0.790. The Bertz CT molecular complexity index is 1460. The predicted molar refractivity (Wildman–Crippen MR) is 132 cm³/mol. The Kier molecular flexibility index (Phi) is 6.10. The normalized spacial score (nSPS) is 15.3. The van der Waals surface area contributed by atoms with Gasteiger partial charge in [0.15, 0.2) is 5.43 Å². The lowest BCUT2D eigenvalue weighted by Crippen LogP contribution is -2.29. The van der Waals surface area contributed by atoms with Crippen LogP contribution in [-0.2, 0) is 6.42 Å². The summed E-state index contributed by atoms with van der Waals surface area (Å²) in [6.07, 6.45) is 1.60. The van der Waals surface area contributed by atoms with Gasteiger partial charge in [-0.25, -0.2) is 4.39 Å². The number of aromatic nitrogens is 2. The van der Waals surface area contributed by atoms with Crippen molar-refractivity contribution in [2.24, 2.45) is 5.92 Å². The van der Waals surface area contributed by atoms with E-state index in [1.165, 1.54) is 28.4 Å². The number of hydrogen-bond acceptors (Lipinski definition) is 7. The molecule has 1 atom stereocenters. The fourth-order valence-corrected chi connectivity index (χ4v) is 5.28. The first-order valence-electron chi connectivity index (χ1n) is 11.5. The molecule has 0 N–H and O–H groups in total. The van der Waals surface area contributed by atoms with Gasteiger partial charge in [0.1, 0.15) is 22.2 Å². The molecule has 2 aromatic carbocycles. The summed E-state index contributed by atoms with van der Waals surface area (Å²) in [5.41, 5.74) is 0.561. The Hall–Kier alpha value is -3.59. The second-order valence-electron chi connectivity index (χ2n) is 8.89. The van der Waals surface area contributed by atoms with Crippen LogP contribution in [0.1, 0.15) is 59.9 Å². The molecule has 2 aromatic heterocycles. The highest BCUT2D eigenvalue weighted by molar-refractivity contribution is 7.15. The van der Waals surface area contributed by atoms with E-state index in [4.69, 9.17) is 9.15 Å². The number of ether oxygens (including phenoxy) is 1. The van der Waals surface area contributed by atoms with E-state index in [0.29, 0.717) is 29.0 Å². The van der Waals surface area contributed by atoms with E-state index in [9.17, 15) is 14.0 Å². The predicted octanol–water partition coefficient (Wildman–Crippen LogP) is 5.52. The maximum atomic E-state index is 14.0. The summed E-state index contributed by atoms with van der Waals surface area (Å²) < 4.78 is 25.5. The molecule has 35 heavy (non-hydrogen) atoms. The molecule has 0 saturated heterocycles. The Balaban J connectivity index is 1.67. The van der Waals surface area contributed by atoms with Crippen molar-refractivity contribution in [3.63, 3.8) is 0 Å². The van der Waals surface area contributed by atoms with Gasteiger partial charge in [-0.05, 0) is 48.2 Å². The smallest absolute Gasteiger partial charge is 0.297 e. The Morgan fingerprint density at radius 2 is 1.91 bits per heavy atom. The van der Waals surface area contributed by atoms with Gasteiger partial charge in [-0.2, -0.15) is 0 Å². The highest BCUT2D eigenvalue weighted by Gasteiger charge is 2.45. The topological polar surface area (TPSA) is 85.5 Å². The van der Waals surface area contributed by atoms with Crippen molar-refractivity contribution >= 4 is 33.3 Å². The monoisotopic (exact) mass is 493 g/mol. The standard InChI is InChI=1S/C26H24FN3O4S/c1-4-11-33-17-8-5-15(6-9-17)22-21-23(31)18-13-16(27)7-10-19(18)34-24(21)25(32)30(22)26-29-28-20(35-26)12-14(2)3/h5-10,13-14,22H,4,11-12H2,1-3H3. The number of halogens is 1. The first-order valence-corrected chi connectivity index (χ1v) is 12.3. The van der Waals surface area contributed by atoms with Crippen molar-refractivity contribution in [2.45, 2.75) is 39.7 Å². The third-order valence-corrected chi connectivity index (χ3v) is 6.69. The van der Waals surface area contributed by atoms with Crippen LogP contribution in [0, 0.1) is 11.7 Å². The van der Waals surface area contributed by atoms with Crippen LogP contribution in [0.15, 0.2) is 51.7 Å². The maximum absolute atomic E-state index is 14.0. The third-order valence-electron chi connectivity index (χ3n) is 5.75. The summed E-state index contributed by atoms with van der Waals surface area (Å²) in [5.74, 6) is -0.0353. The Labute approximate surface area is 205 Å². The molecule has 7 nitrogen and oxygen atoms in total. The SMILES string of the molecule is CCCOc1ccc(C2c3c(oc4ccc(F)cc4c3=O)C(=O)N2c2nnc(CC(C)C)s2)cc1. The van der Waals surface area contributed by atoms with E-state index in [-0.39, 0.29) is 22.3 Å². The lowest BCUT2D eigenvalue weighted by atomic mass is 9.98. The van der Waals surface area contributed by atoms with Crippen LogP contribution < -0.4 is 15.1 Å². The van der Waals surface area contributed by atoms with Gasteiger partial charge in [-0.3, -0.25) is 14.5 Å². The van der Waals surface area contributed by atoms with Crippen LogP contribution in [-0.4, -0.2) is 22.7 Å². The lowest BCUT2D eigenvalue weighted by molar-refractivity contribution is 0.0970. The molecule has 5 rings (SSSR count). The van der Waals surface area contributed by atoms with Crippen LogP contribution in [0.5, 0.6) is 5.75 Å². The van der Waals surface area contributed by atoms with Gasteiger partial charge < -0.3 is 9.15 Å². The number of rotatable bonds is 7. The average Bonchev–Trinajstić information content (AvgIpc) is 3.40. The molecule has 0 aliphatic carbocycles. The number of benzene rings is 2. The fraction of sp³-hybridized carbons (Fsp3) is 0.308. The number of carbonyl (C=O) groups excluding carboxylic acids is 1. The van der Waals surface area contributed by atoms with Crippen LogP contribution >= 0.6 is 11.3 Å². The molecule has 1 aliphatic heterocycles. The molecule has 180 valence electrons. The molecule has 1 unspecified atom stereocenters. The number of fused-ring (bicyclic) bond motifs is 2. The molecule has 0 bridgehead atoms. The lowest BCUT2D eigenvalue weighted by Gasteiger charge is -2.22. The summed E-state index contributed by atoms with van der Waals surface area (Å²) in [6, 6.07) is 10.1. The second-order valence-corrected chi connectivity index (χ2v) is 9.93. The van der Waals surface area contributed by atoms with Gasteiger partial charge in [0, 0.05) is 6.42 Å². The molecular formula is C26H24FN3O4S. The zero-order chi connectivity index (χ0) is 24.7. The minimum absolute atomic E-state index is 0.0639. The molecule has 0 fully saturated rings. The Morgan fingerprint density at radius 3 is 2.63 bits per heavy atom. The van der Waals surface area contributed by atoms with Crippen LogP contribution in [0.2, 0.25) is 0 Å². The summed E-state index contributed by atoms with van der Waals surface area (Å²) in [7, 11) is 0. The van der Waals surface area contributed by atoms with Crippen molar-refractivity contribution in [3.05, 3.63) is 80.4 Å². The zero-order valence-corrected chi connectivity index (χ0v) is 20.4. The molecule has 4 aromatic rings. The number of carbonyl (C=O) groups is 1. The van der Waals surface area contributed by atoms with Crippen LogP contribution in [0.3, 0.4) is 0 Å². The molecule has 0 radical (unpaired) electrons. The van der Waals surface area contributed by atoms with Gasteiger partial charge in [-0.1, -0.05) is 44.2 Å². The number of anilines is 1. The quantitative estimate of drug-likeness (QED) is 0.337. The molecule has 9 heteroatoms. The van der Waals surface area contributed by atoms with Crippen LogP contribution in [0.4, 0.5) is 9.52 Å². The molecular weight excluding hydrogens is 469 g/mol. The summed E-state index contributed by atoms with van der Waals surface area (Å²) in [4.78, 5) is 28.6. The Morgan fingerprint density at radius 1 is 1.14 bits per heavy atom. The number of nitrogens with zero attached hydrogens (tertiary/aromatic N) is 3. The van der Waals surface area contributed by atoms with Crippen LogP contribution in [0.25, 0.3) is 11.0 Å². The summed E-state index contributed by atoms with van der Waals surface area (Å²) in [6.45, 7) is 6.77. The summed E-state index contributed by atoms with van der Waals surface area (Å²) >= 11 is 1.31. The second kappa shape index (κ2) is 9.22. The van der Waals surface area contributed by atoms with Gasteiger partial charge in [0.05, 0.1) is 23.6 Å². The van der Waals surface area contributed by atoms with Crippen molar-refractivity contribution in [1.29, 1.82) is 0 Å². The van der Waals surface area contributed by atoms with E-state index in [2.05, 4.69) is 24.0 Å². The van der Waals surface area contributed by atoms with E-state index in [0.717, 1.165) is 23.9 Å². The first kappa shape index (κ1) is 23.2. The van der Waals surface area contributed by atoms with E-state index < -0.39 is 23.2 Å². The summed E-state index contributed by atoms with van der Waals surface area (Å²) in [5, 5.41) is 9.80. The minimum Gasteiger partial charge on any atom is -0.494 e. The number of amides is 1. The van der Waals surface area contributed by atoms with Crippen molar-refractivity contribution in [1.82, 2.24) is 10.2 Å². The van der Waals surface area contributed by atoms with E-state index >= 15 is 0 Å². The van der Waals surface area contributed by atoms with E-state index in [1.807, 2.05) is 19.1 Å². The fourth-order valence-electron chi connectivity index (χ4n) is 4.20. The highest BCUT2D eigenvalue weighted by atomic mass is 32.1. The molecule has 3 heterocycles. The first-order chi connectivity index (χ1) is 16.9. The van der Waals surface area contributed by atoms with Crippen molar-refractivity contribution < 1.29 is 18.3 Å². The van der Waals surface area contributed by atoms with Gasteiger partial charge >= 0.3 is 0 Å². The van der Waals surface area contributed by atoms with Gasteiger partial charge in [0.2, 0.25) is 10.9 Å². The molecule has 0 saturated carbocycles. The molecule has 1 aliphatic rings. The highest BCUT2D eigenvalue weighted by Crippen LogP contribution is 2.42. The van der Waals surface area contributed by atoms with Gasteiger partial charge in [0.25, 0.3) is 5.91 Å². The van der Waals surface area contributed by atoms with Gasteiger partial charge in [-0.15, -0.1) is 10.2 Å². The number of hydrogen-bond donors (Lipinski definition) is 0. The zero-order valence-electron chi connectivity index (χ0n) is 19.6. The largest absolute Gasteiger partial charge is 0.494 e. The average molecular weight is 494 g/mol. The van der Waals surface area contributed by atoms with Crippen molar-refractivity contribution in [2.75, 3.05) is 11.5 Å². The van der Waals surface area contributed by atoms with E-state index in [1.54, 1.807) is 12.1 Å². The van der Waals surface area contributed by atoms with Crippen molar-refractivity contribution in [3.8, 4) is 5.75 Å².